The van der Waals surface area contributed by atoms with Gasteiger partial charge in [-0.3, -0.25) is 0 Å². The summed E-state index contributed by atoms with van der Waals surface area (Å²) in [5.74, 6) is 0. The predicted molar refractivity (Wildman–Crippen MR) is 116 cm³/mol. The predicted octanol–water partition coefficient (Wildman–Crippen LogP) is 6.62. The molecule has 0 atom stereocenters. The summed E-state index contributed by atoms with van der Waals surface area (Å²) in [6.45, 7) is 2.33. The van der Waals surface area contributed by atoms with E-state index < -0.39 is 7.85 Å². The normalized spacial score (nSPS) is 11.7. The molecular formula is C23H21N2P. The molecule has 128 valence electrons. The van der Waals surface area contributed by atoms with Crippen LogP contribution in [0.5, 0.6) is 0 Å². The largest absolute Gasteiger partial charge is 0.322 e. The van der Waals surface area contributed by atoms with Crippen LogP contribution in [0.15, 0.2) is 72.8 Å². The minimum Gasteiger partial charge on any atom is -0.322 e. The Labute approximate surface area is 153 Å². The Kier molecular flexibility index (Phi) is 3.38. The molecule has 0 aliphatic rings. The number of fused-ring (bicyclic) bond motifs is 7. The molecule has 0 spiro atoms. The van der Waals surface area contributed by atoms with Gasteiger partial charge >= 0.3 is 0 Å². The van der Waals surface area contributed by atoms with Crippen LogP contribution in [-0.2, 0) is 20.8 Å². The highest BCUT2D eigenvalue weighted by atomic mass is 31.1. The molecule has 0 aliphatic carbocycles. The van der Waals surface area contributed by atoms with Crippen LogP contribution in [0.1, 0.15) is 0 Å². The van der Waals surface area contributed by atoms with Gasteiger partial charge in [0.1, 0.15) is 0 Å². The molecule has 0 saturated carbocycles. The Bertz CT molecular complexity index is 1260. The first-order valence-corrected chi connectivity index (χ1v) is 10.6. The van der Waals surface area contributed by atoms with Crippen LogP contribution >= 0.6 is 7.85 Å². The second-order valence-electron chi connectivity index (χ2n) is 6.90. The van der Waals surface area contributed by atoms with Gasteiger partial charge in [-0.15, -0.1) is 0 Å². The summed E-state index contributed by atoms with van der Waals surface area (Å²) < 4.78 is 4.90. The minimum atomic E-state index is -0.458. The van der Waals surface area contributed by atoms with Crippen molar-refractivity contribution in [1.29, 1.82) is 0 Å². The van der Waals surface area contributed by atoms with Crippen molar-refractivity contribution in [3.05, 3.63) is 72.8 Å². The number of hydrogen-bond donors (Lipinski definition) is 0. The lowest BCUT2D eigenvalue weighted by molar-refractivity contribution is 1.00. The van der Waals surface area contributed by atoms with Gasteiger partial charge < -0.3 is 8.66 Å². The molecular weight excluding hydrogens is 335 g/mol. The lowest BCUT2D eigenvalue weighted by Gasteiger charge is -2.09. The van der Waals surface area contributed by atoms with Crippen molar-refractivity contribution in [3.8, 4) is 0 Å². The zero-order chi connectivity index (χ0) is 17.8. The summed E-state index contributed by atoms with van der Waals surface area (Å²) in [5, 5.41) is 7.96. The van der Waals surface area contributed by atoms with Crippen molar-refractivity contribution in [2.45, 2.75) is 0 Å². The highest BCUT2D eigenvalue weighted by molar-refractivity contribution is 7.40. The van der Waals surface area contributed by atoms with Crippen molar-refractivity contribution in [2.24, 2.45) is 20.8 Å². The molecule has 5 aromatic rings. The molecule has 0 aliphatic heterocycles. The standard InChI is InChI=1S/C23H21N2P/c1-24-20-14-12-16-8-4-6-10-18(16)22(20)23-19-11-7-5-9-17(19)13-15-21(23)25(2)26(24)3/h4-15H,1-3H3. The monoisotopic (exact) mass is 356 g/mol. The molecule has 0 radical (unpaired) electrons. The molecule has 2 nitrogen and oxygen atoms in total. The van der Waals surface area contributed by atoms with Crippen LogP contribution < -0.4 is 0 Å². The Morgan fingerprint density at radius 2 is 1.00 bits per heavy atom. The molecule has 0 fully saturated rings. The summed E-state index contributed by atoms with van der Waals surface area (Å²) in [6, 6.07) is 26.6. The summed E-state index contributed by atoms with van der Waals surface area (Å²) in [6.07, 6.45) is 0. The van der Waals surface area contributed by atoms with Gasteiger partial charge in [0.2, 0.25) is 0 Å². The fourth-order valence-corrected chi connectivity index (χ4v) is 5.46. The molecule has 4 aromatic carbocycles. The lowest BCUT2D eigenvalue weighted by atomic mass is 9.98. The Morgan fingerprint density at radius 1 is 0.577 bits per heavy atom. The topological polar surface area (TPSA) is 9.86 Å². The molecule has 26 heavy (non-hydrogen) atoms. The highest BCUT2D eigenvalue weighted by Crippen LogP contribution is 2.38. The maximum atomic E-state index is 2.45. The third-order valence-corrected chi connectivity index (χ3v) is 7.80. The van der Waals surface area contributed by atoms with E-state index in [9.17, 15) is 0 Å². The molecule has 0 N–H and O–H groups in total. The second-order valence-corrected chi connectivity index (χ2v) is 9.08. The average molecular weight is 356 g/mol. The molecule has 0 unspecified atom stereocenters. The highest BCUT2D eigenvalue weighted by Gasteiger charge is 2.12. The zero-order valence-electron chi connectivity index (χ0n) is 15.3. The van der Waals surface area contributed by atoms with E-state index >= 15 is 0 Å². The van der Waals surface area contributed by atoms with Crippen LogP contribution in [0.2, 0.25) is 0 Å². The number of aromatic nitrogens is 2. The van der Waals surface area contributed by atoms with Gasteiger partial charge in [0.05, 0.1) is 11.0 Å². The zero-order valence-corrected chi connectivity index (χ0v) is 16.2. The SMILES string of the molecule is Cn1c2ccc3ccccc3c2c2c3ccccc3ccc2n(C)p1C. The van der Waals surface area contributed by atoms with Crippen LogP contribution in [0, 0.1) is 0 Å². The molecule has 5 rings (SSSR count). The summed E-state index contributed by atoms with van der Waals surface area (Å²) in [4.78, 5) is 0. The van der Waals surface area contributed by atoms with Crippen molar-refractivity contribution in [2.75, 3.05) is 0 Å². The van der Waals surface area contributed by atoms with Gasteiger partial charge in [0, 0.05) is 39.4 Å². The van der Waals surface area contributed by atoms with E-state index in [1.807, 2.05) is 0 Å². The van der Waals surface area contributed by atoms with E-state index in [0.29, 0.717) is 0 Å². The molecule has 0 amide bonds. The lowest BCUT2D eigenvalue weighted by Crippen LogP contribution is -1.92. The van der Waals surface area contributed by atoms with Crippen LogP contribution in [0.25, 0.3) is 43.4 Å². The van der Waals surface area contributed by atoms with Crippen molar-refractivity contribution in [1.82, 2.24) is 8.66 Å². The molecule has 1 aromatic heterocycles. The van der Waals surface area contributed by atoms with Gasteiger partial charge in [0.25, 0.3) is 0 Å². The first-order valence-electron chi connectivity index (χ1n) is 8.91. The van der Waals surface area contributed by atoms with E-state index in [4.69, 9.17) is 0 Å². The molecule has 3 heteroatoms. The van der Waals surface area contributed by atoms with E-state index in [0.717, 1.165) is 0 Å². The van der Waals surface area contributed by atoms with Crippen LogP contribution in [0.4, 0.5) is 0 Å². The average Bonchev–Trinajstić information content (AvgIpc) is 2.77. The number of benzene rings is 4. The van der Waals surface area contributed by atoms with Crippen LogP contribution in [-0.4, -0.2) is 8.66 Å². The first-order chi connectivity index (χ1) is 12.7. The fourth-order valence-electron chi connectivity index (χ4n) is 4.10. The molecule has 0 saturated heterocycles. The molecule has 1 heterocycles. The second kappa shape index (κ2) is 5.65. The Hall–Kier alpha value is -2.70. The quantitative estimate of drug-likeness (QED) is 0.295. The van der Waals surface area contributed by atoms with Crippen molar-refractivity contribution >= 4 is 51.2 Å². The number of nitrogens with zero attached hydrogens (tertiary/aromatic N) is 2. The van der Waals surface area contributed by atoms with Gasteiger partial charge in [-0.2, -0.15) is 0 Å². The van der Waals surface area contributed by atoms with Gasteiger partial charge in [0.15, 0.2) is 0 Å². The first kappa shape index (κ1) is 15.5. The smallest absolute Gasteiger partial charge is 0.0532 e. The summed E-state index contributed by atoms with van der Waals surface area (Å²) in [5.41, 5.74) is 2.64. The van der Waals surface area contributed by atoms with Gasteiger partial charge in [-0.05, 0) is 33.7 Å². The van der Waals surface area contributed by atoms with E-state index in [1.54, 1.807) is 0 Å². The van der Waals surface area contributed by atoms with Crippen molar-refractivity contribution < 1.29 is 0 Å². The van der Waals surface area contributed by atoms with Gasteiger partial charge in [-0.25, -0.2) is 0 Å². The van der Waals surface area contributed by atoms with Crippen molar-refractivity contribution in [3.63, 3.8) is 0 Å². The maximum Gasteiger partial charge on any atom is 0.0532 e. The fraction of sp³-hybridized carbons (Fsp3) is 0.130. The van der Waals surface area contributed by atoms with Gasteiger partial charge in [-0.1, -0.05) is 60.7 Å². The third kappa shape index (κ3) is 2.06. The number of hydrogen-bond acceptors (Lipinski definition) is 0. The Morgan fingerprint density at radius 3 is 1.46 bits per heavy atom. The number of rotatable bonds is 0. The van der Waals surface area contributed by atoms with E-state index in [-0.39, 0.29) is 0 Å². The minimum absolute atomic E-state index is 0.458. The summed E-state index contributed by atoms with van der Waals surface area (Å²) in [7, 11) is 3.99. The maximum absolute atomic E-state index is 2.45. The number of aryl methyl sites for hydroxylation is 2. The Balaban J connectivity index is 2.29. The van der Waals surface area contributed by atoms with E-state index in [1.165, 1.54) is 43.4 Å². The molecule has 0 bridgehead atoms. The van der Waals surface area contributed by atoms with Crippen LogP contribution in [0.3, 0.4) is 0 Å². The van der Waals surface area contributed by atoms with E-state index in [2.05, 4.69) is 102 Å². The third-order valence-electron chi connectivity index (χ3n) is 5.63. The summed E-state index contributed by atoms with van der Waals surface area (Å²) >= 11 is 0.